The molecule has 13 aromatic rings. The van der Waals surface area contributed by atoms with Gasteiger partial charge in [-0.3, -0.25) is 4.98 Å². The monoisotopic (exact) mass is 818 g/mol. The van der Waals surface area contributed by atoms with Crippen LogP contribution < -0.4 is 0 Å². The number of pyridine rings is 1. The van der Waals surface area contributed by atoms with Crippen molar-refractivity contribution >= 4 is 65.4 Å². The summed E-state index contributed by atoms with van der Waals surface area (Å²) in [6.45, 7) is 0. The number of furan rings is 2. The third kappa shape index (κ3) is 5.88. The van der Waals surface area contributed by atoms with E-state index in [2.05, 4.69) is 157 Å². The van der Waals surface area contributed by atoms with E-state index in [-0.39, 0.29) is 0 Å². The van der Waals surface area contributed by atoms with Gasteiger partial charge < -0.3 is 8.83 Å². The normalized spacial score (nSPS) is 11.8. The molecule has 9 aromatic carbocycles. The Hall–Kier alpha value is -8.74. The molecular weight excluding hydrogens is 785 g/mol. The molecule has 4 heterocycles. The molecule has 6 nitrogen and oxygen atoms in total. The van der Waals surface area contributed by atoms with Crippen molar-refractivity contribution in [1.29, 1.82) is 0 Å². The van der Waals surface area contributed by atoms with E-state index in [1.54, 1.807) is 0 Å². The lowest BCUT2D eigenvalue weighted by Crippen LogP contribution is -2.02. The third-order valence-corrected chi connectivity index (χ3v) is 12.4. The van der Waals surface area contributed by atoms with Gasteiger partial charge in [0.1, 0.15) is 22.3 Å². The van der Waals surface area contributed by atoms with E-state index >= 15 is 0 Å². The summed E-state index contributed by atoms with van der Waals surface area (Å²) in [7, 11) is 0. The Morgan fingerprint density at radius 1 is 0.250 bits per heavy atom. The number of benzene rings is 9. The lowest BCUT2D eigenvalue weighted by Gasteiger charge is -2.17. The molecule has 0 aliphatic carbocycles. The van der Waals surface area contributed by atoms with Gasteiger partial charge in [0.15, 0.2) is 17.5 Å². The molecule has 6 heteroatoms. The Labute approximate surface area is 366 Å². The zero-order chi connectivity index (χ0) is 42.1. The summed E-state index contributed by atoms with van der Waals surface area (Å²) in [6, 6.07) is 67.4. The van der Waals surface area contributed by atoms with Crippen LogP contribution in [0.25, 0.3) is 133 Å². The van der Waals surface area contributed by atoms with Crippen LogP contribution in [0.4, 0.5) is 0 Å². The van der Waals surface area contributed by atoms with Crippen molar-refractivity contribution in [1.82, 2.24) is 19.9 Å². The fraction of sp³-hybridized carbons (Fsp3) is 0. The molecule has 0 saturated carbocycles. The second-order valence-corrected chi connectivity index (χ2v) is 16.2. The SMILES string of the molecule is c1ccc(-c2nc(-c3cc(-c4ccc5oc6ccccc6c5c4)cc(-c4ccc5oc6ccccc6c5c4)c3)nc(-c3c4ccccc4c(-c4ccncc4)c4ccccc34)n2)cc1. The van der Waals surface area contributed by atoms with Crippen molar-refractivity contribution in [2.45, 2.75) is 0 Å². The zero-order valence-corrected chi connectivity index (χ0v) is 34.2. The van der Waals surface area contributed by atoms with Gasteiger partial charge in [0, 0.05) is 50.6 Å². The highest BCUT2D eigenvalue weighted by Crippen LogP contribution is 2.44. The van der Waals surface area contributed by atoms with Gasteiger partial charge in [0.2, 0.25) is 0 Å². The minimum Gasteiger partial charge on any atom is -0.456 e. The summed E-state index contributed by atoms with van der Waals surface area (Å²) in [5, 5.41) is 8.62. The predicted molar refractivity (Wildman–Crippen MR) is 260 cm³/mol. The molecule has 13 rings (SSSR count). The van der Waals surface area contributed by atoms with Crippen LogP contribution in [0.15, 0.2) is 215 Å². The Kier molecular flexibility index (Phi) is 8.11. The van der Waals surface area contributed by atoms with Crippen molar-refractivity contribution in [3.05, 3.63) is 207 Å². The molecular formula is C58H34N4O2. The van der Waals surface area contributed by atoms with Gasteiger partial charge >= 0.3 is 0 Å². The fourth-order valence-electron chi connectivity index (χ4n) is 9.43. The molecule has 0 atom stereocenters. The van der Waals surface area contributed by atoms with E-state index < -0.39 is 0 Å². The van der Waals surface area contributed by atoms with E-state index in [1.165, 1.54) is 0 Å². The predicted octanol–water partition coefficient (Wildman–Crippen LogP) is 15.4. The Morgan fingerprint density at radius 3 is 1.22 bits per heavy atom. The second kappa shape index (κ2) is 14.4. The topological polar surface area (TPSA) is 77.8 Å². The largest absolute Gasteiger partial charge is 0.456 e. The summed E-state index contributed by atoms with van der Waals surface area (Å²) in [4.78, 5) is 20.4. The van der Waals surface area contributed by atoms with Crippen molar-refractivity contribution in [2.75, 3.05) is 0 Å². The Bertz CT molecular complexity index is 3780. The number of rotatable bonds is 6. The van der Waals surface area contributed by atoms with Gasteiger partial charge in [0.25, 0.3) is 0 Å². The van der Waals surface area contributed by atoms with Crippen molar-refractivity contribution in [2.24, 2.45) is 0 Å². The lowest BCUT2D eigenvalue weighted by atomic mass is 9.88. The molecule has 64 heavy (non-hydrogen) atoms. The Balaban J connectivity index is 1.08. The first kappa shape index (κ1) is 36.0. The summed E-state index contributed by atoms with van der Waals surface area (Å²) < 4.78 is 12.5. The molecule has 0 bridgehead atoms. The molecule has 0 fully saturated rings. The maximum absolute atomic E-state index is 6.26. The number of fused-ring (bicyclic) bond motifs is 8. The highest BCUT2D eigenvalue weighted by molar-refractivity contribution is 6.21. The smallest absolute Gasteiger partial charge is 0.165 e. The number of nitrogens with zero attached hydrogens (tertiary/aromatic N) is 4. The van der Waals surface area contributed by atoms with Gasteiger partial charge in [-0.05, 0) is 122 Å². The maximum Gasteiger partial charge on any atom is 0.165 e. The molecule has 0 aliphatic rings. The van der Waals surface area contributed by atoms with E-state index in [9.17, 15) is 0 Å². The maximum atomic E-state index is 6.26. The first-order chi connectivity index (χ1) is 31.7. The van der Waals surface area contributed by atoms with Gasteiger partial charge in [-0.15, -0.1) is 0 Å². The molecule has 4 aromatic heterocycles. The zero-order valence-electron chi connectivity index (χ0n) is 34.2. The molecule has 0 amide bonds. The highest BCUT2D eigenvalue weighted by Gasteiger charge is 2.22. The van der Waals surface area contributed by atoms with Crippen molar-refractivity contribution in [3.8, 4) is 67.5 Å². The average Bonchev–Trinajstić information content (AvgIpc) is 3.93. The summed E-state index contributed by atoms with van der Waals surface area (Å²) in [5.74, 6) is 1.77. The summed E-state index contributed by atoms with van der Waals surface area (Å²) in [6.07, 6.45) is 3.70. The lowest BCUT2D eigenvalue weighted by molar-refractivity contribution is 0.668. The van der Waals surface area contributed by atoms with Crippen molar-refractivity contribution in [3.63, 3.8) is 0 Å². The molecule has 0 saturated heterocycles. The highest BCUT2D eigenvalue weighted by atomic mass is 16.3. The van der Waals surface area contributed by atoms with E-state index in [0.29, 0.717) is 17.5 Å². The van der Waals surface area contributed by atoms with Gasteiger partial charge in [-0.2, -0.15) is 0 Å². The Morgan fingerprint density at radius 2 is 0.672 bits per heavy atom. The van der Waals surface area contributed by atoms with Crippen LogP contribution in [0.3, 0.4) is 0 Å². The second-order valence-electron chi connectivity index (χ2n) is 16.2. The standard InChI is InChI=1S/C58H34N4O2/c1-2-12-36(13-3-1)56-60-57(62-58(61-56)55-46-18-6-4-16-44(46)54(35-26-28-59-29-27-35)45-17-5-7-19-47(45)55)41-31-39(37-22-24-52-48(33-37)42-14-8-10-20-50(42)63-52)30-40(32-41)38-23-25-53-49(34-38)43-15-9-11-21-51(43)64-53/h1-34H. The van der Waals surface area contributed by atoms with Crippen LogP contribution in [0.5, 0.6) is 0 Å². The van der Waals surface area contributed by atoms with E-state index in [0.717, 1.165) is 115 Å². The number of hydrogen-bond donors (Lipinski definition) is 0. The van der Waals surface area contributed by atoms with Crippen molar-refractivity contribution < 1.29 is 8.83 Å². The molecule has 0 N–H and O–H groups in total. The quantitative estimate of drug-likeness (QED) is 0.156. The van der Waals surface area contributed by atoms with Gasteiger partial charge in [0.05, 0.1) is 0 Å². The number of para-hydroxylation sites is 2. The summed E-state index contributed by atoms with van der Waals surface area (Å²) in [5.41, 5.74) is 12.6. The first-order valence-corrected chi connectivity index (χ1v) is 21.3. The molecule has 0 radical (unpaired) electrons. The van der Waals surface area contributed by atoms with Crippen LogP contribution >= 0.6 is 0 Å². The van der Waals surface area contributed by atoms with Crippen LogP contribution in [-0.2, 0) is 0 Å². The van der Waals surface area contributed by atoms with E-state index in [1.807, 2.05) is 54.9 Å². The van der Waals surface area contributed by atoms with Crippen LogP contribution in [0.2, 0.25) is 0 Å². The minimum atomic E-state index is 0.572. The van der Waals surface area contributed by atoms with Crippen LogP contribution in [-0.4, -0.2) is 19.9 Å². The molecule has 0 spiro atoms. The third-order valence-electron chi connectivity index (χ3n) is 12.4. The van der Waals surface area contributed by atoms with Gasteiger partial charge in [-0.25, -0.2) is 15.0 Å². The number of hydrogen-bond acceptors (Lipinski definition) is 6. The average molecular weight is 819 g/mol. The number of aromatic nitrogens is 4. The fourth-order valence-corrected chi connectivity index (χ4v) is 9.43. The van der Waals surface area contributed by atoms with E-state index in [4.69, 9.17) is 23.8 Å². The first-order valence-electron chi connectivity index (χ1n) is 21.3. The summed E-state index contributed by atoms with van der Waals surface area (Å²) >= 11 is 0. The molecule has 298 valence electrons. The van der Waals surface area contributed by atoms with Gasteiger partial charge in [-0.1, -0.05) is 127 Å². The minimum absolute atomic E-state index is 0.572. The molecule has 0 unspecified atom stereocenters. The molecule has 0 aliphatic heterocycles. The van der Waals surface area contributed by atoms with Crippen LogP contribution in [0, 0.1) is 0 Å². The van der Waals surface area contributed by atoms with Crippen LogP contribution in [0.1, 0.15) is 0 Å².